The van der Waals surface area contributed by atoms with Crippen molar-refractivity contribution >= 4 is 11.8 Å². The highest BCUT2D eigenvalue weighted by atomic mass is 16.2. The zero-order valence-corrected chi connectivity index (χ0v) is 19.0. The van der Waals surface area contributed by atoms with Gasteiger partial charge in [-0.05, 0) is 86.7 Å². The number of likely N-dealkylation sites (tertiary alicyclic amines) is 2. The Balaban J connectivity index is 1.27. The first-order valence-electron chi connectivity index (χ1n) is 12.1. The summed E-state index contributed by atoms with van der Waals surface area (Å²) in [5.74, 6) is 0.0889. The molecule has 0 bridgehead atoms. The normalized spacial score (nSPS) is 20.5. The quantitative estimate of drug-likeness (QED) is 0.727. The second-order valence-electron chi connectivity index (χ2n) is 9.46. The van der Waals surface area contributed by atoms with Crippen molar-refractivity contribution < 1.29 is 9.59 Å². The van der Waals surface area contributed by atoms with Gasteiger partial charge in [-0.1, -0.05) is 12.1 Å². The minimum absolute atomic E-state index is 0.0558. The summed E-state index contributed by atoms with van der Waals surface area (Å²) >= 11 is 0. The van der Waals surface area contributed by atoms with Crippen LogP contribution in [-0.2, 0) is 13.0 Å². The SMILES string of the molecule is N#Cc1cccc(C(=O)N2CCc3cc(C(=O)N4CCCC4CN4CCCC4)ccc3C2)c1. The minimum atomic E-state index is -0.0558. The Bertz CT molecular complexity index is 1100. The monoisotopic (exact) mass is 442 g/mol. The van der Waals surface area contributed by atoms with E-state index in [1.165, 1.54) is 12.8 Å². The fourth-order valence-electron chi connectivity index (χ4n) is 5.49. The van der Waals surface area contributed by atoms with Crippen LogP contribution in [0.25, 0.3) is 0 Å². The zero-order valence-electron chi connectivity index (χ0n) is 19.0. The molecular formula is C27H30N4O2. The fraction of sp³-hybridized carbons (Fsp3) is 0.444. The van der Waals surface area contributed by atoms with E-state index < -0.39 is 0 Å². The highest BCUT2D eigenvalue weighted by molar-refractivity contribution is 5.96. The van der Waals surface area contributed by atoms with Crippen LogP contribution in [0, 0.1) is 11.3 Å². The maximum Gasteiger partial charge on any atom is 0.254 e. The van der Waals surface area contributed by atoms with Crippen molar-refractivity contribution in [2.45, 2.75) is 44.7 Å². The first-order valence-corrected chi connectivity index (χ1v) is 12.1. The van der Waals surface area contributed by atoms with Gasteiger partial charge in [-0.25, -0.2) is 0 Å². The Morgan fingerprint density at radius 3 is 2.55 bits per heavy atom. The van der Waals surface area contributed by atoms with Gasteiger partial charge < -0.3 is 14.7 Å². The average Bonchev–Trinajstić information content (AvgIpc) is 3.55. The molecule has 1 unspecified atom stereocenters. The van der Waals surface area contributed by atoms with Crippen LogP contribution in [0.5, 0.6) is 0 Å². The maximum absolute atomic E-state index is 13.4. The summed E-state index contributed by atoms with van der Waals surface area (Å²) in [7, 11) is 0. The summed E-state index contributed by atoms with van der Waals surface area (Å²) in [6, 6.07) is 15.3. The van der Waals surface area contributed by atoms with Gasteiger partial charge in [-0.2, -0.15) is 5.26 Å². The Morgan fingerprint density at radius 1 is 0.909 bits per heavy atom. The second kappa shape index (κ2) is 9.36. The molecule has 6 heteroatoms. The predicted octanol–water partition coefficient (Wildman–Crippen LogP) is 3.46. The van der Waals surface area contributed by atoms with Crippen LogP contribution in [0.3, 0.4) is 0 Å². The molecule has 2 aromatic rings. The van der Waals surface area contributed by atoms with E-state index in [9.17, 15) is 9.59 Å². The van der Waals surface area contributed by atoms with E-state index in [1.54, 1.807) is 24.3 Å². The lowest BCUT2D eigenvalue weighted by Gasteiger charge is -2.31. The number of nitriles is 1. The number of amides is 2. The molecule has 2 aromatic carbocycles. The number of hydrogen-bond donors (Lipinski definition) is 0. The molecular weight excluding hydrogens is 412 g/mol. The number of carbonyl (C=O) groups is 2. The minimum Gasteiger partial charge on any atom is -0.334 e. The Hall–Kier alpha value is -3.17. The van der Waals surface area contributed by atoms with E-state index in [4.69, 9.17) is 5.26 Å². The number of rotatable bonds is 4. The topological polar surface area (TPSA) is 67.6 Å². The summed E-state index contributed by atoms with van der Waals surface area (Å²) < 4.78 is 0. The zero-order chi connectivity index (χ0) is 22.8. The molecule has 2 amide bonds. The van der Waals surface area contributed by atoms with Gasteiger partial charge in [-0.3, -0.25) is 9.59 Å². The molecule has 3 heterocycles. The molecule has 0 aliphatic carbocycles. The van der Waals surface area contributed by atoms with Crippen molar-refractivity contribution in [2.75, 3.05) is 32.7 Å². The number of nitrogens with zero attached hydrogens (tertiary/aromatic N) is 4. The van der Waals surface area contributed by atoms with E-state index in [0.29, 0.717) is 30.3 Å². The summed E-state index contributed by atoms with van der Waals surface area (Å²) in [5, 5.41) is 9.11. The molecule has 1 atom stereocenters. The van der Waals surface area contributed by atoms with Crippen molar-refractivity contribution in [3.63, 3.8) is 0 Å². The third-order valence-corrected chi connectivity index (χ3v) is 7.30. The van der Waals surface area contributed by atoms with E-state index in [0.717, 1.165) is 62.1 Å². The smallest absolute Gasteiger partial charge is 0.254 e. The molecule has 0 aromatic heterocycles. The van der Waals surface area contributed by atoms with Gasteiger partial charge >= 0.3 is 0 Å². The Labute approximate surface area is 195 Å². The van der Waals surface area contributed by atoms with E-state index in [1.807, 2.05) is 23.1 Å². The van der Waals surface area contributed by atoms with Crippen LogP contribution in [0.15, 0.2) is 42.5 Å². The third kappa shape index (κ3) is 4.51. The Morgan fingerprint density at radius 2 is 1.73 bits per heavy atom. The number of fused-ring (bicyclic) bond motifs is 1. The molecule has 6 nitrogen and oxygen atoms in total. The van der Waals surface area contributed by atoms with Gasteiger partial charge in [0.1, 0.15) is 0 Å². The lowest BCUT2D eigenvalue weighted by Crippen LogP contribution is -2.42. The molecule has 33 heavy (non-hydrogen) atoms. The average molecular weight is 443 g/mol. The van der Waals surface area contributed by atoms with E-state index in [2.05, 4.69) is 15.9 Å². The maximum atomic E-state index is 13.4. The van der Waals surface area contributed by atoms with Gasteiger partial charge in [0.2, 0.25) is 0 Å². The first kappa shape index (κ1) is 21.7. The van der Waals surface area contributed by atoms with Crippen molar-refractivity contribution in [1.82, 2.24) is 14.7 Å². The van der Waals surface area contributed by atoms with Gasteiger partial charge in [0.25, 0.3) is 11.8 Å². The third-order valence-electron chi connectivity index (χ3n) is 7.30. The molecule has 3 aliphatic heterocycles. The van der Waals surface area contributed by atoms with Crippen molar-refractivity contribution in [2.24, 2.45) is 0 Å². The molecule has 0 N–H and O–H groups in total. The van der Waals surface area contributed by atoms with Crippen LogP contribution in [-0.4, -0.2) is 65.3 Å². The van der Waals surface area contributed by atoms with Gasteiger partial charge in [0.15, 0.2) is 0 Å². The van der Waals surface area contributed by atoms with Crippen LogP contribution in [0.2, 0.25) is 0 Å². The lowest BCUT2D eigenvalue weighted by molar-refractivity contribution is 0.0703. The highest BCUT2D eigenvalue weighted by Gasteiger charge is 2.32. The molecule has 3 aliphatic rings. The largest absolute Gasteiger partial charge is 0.334 e. The van der Waals surface area contributed by atoms with Crippen LogP contribution < -0.4 is 0 Å². The molecule has 2 fully saturated rings. The first-order chi connectivity index (χ1) is 16.1. The van der Waals surface area contributed by atoms with Crippen molar-refractivity contribution in [3.8, 4) is 6.07 Å². The molecule has 5 rings (SSSR count). The van der Waals surface area contributed by atoms with Crippen molar-refractivity contribution in [3.05, 3.63) is 70.3 Å². The van der Waals surface area contributed by atoms with Crippen LogP contribution >= 0.6 is 0 Å². The number of carbonyl (C=O) groups excluding carboxylic acids is 2. The van der Waals surface area contributed by atoms with Gasteiger partial charge in [0.05, 0.1) is 11.6 Å². The predicted molar refractivity (Wildman–Crippen MR) is 126 cm³/mol. The van der Waals surface area contributed by atoms with Gasteiger partial charge in [0, 0.05) is 43.3 Å². The second-order valence-corrected chi connectivity index (χ2v) is 9.46. The summed E-state index contributed by atoms with van der Waals surface area (Å²) in [6.45, 7) is 5.31. The van der Waals surface area contributed by atoms with Crippen LogP contribution in [0.1, 0.15) is 63.1 Å². The number of hydrogen-bond acceptors (Lipinski definition) is 4. The fourth-order valence-corrected chi connectivity index (χ4v) is 5.49. The summed E-state index contributed by atoms with van der Waals surface area (Å²) in [5.41, 5.74) is 4.06. The van der Waals surface area contributed by atoms with E-state index in [-0.39, 0.29) is 11.8 Å². The van der Waals surface area contributed by atoms with Crippen molar-refractivity contribution in [1.29, 1.82) is 5.26 Å². The summed E-state index contributed by atoms with van der Waals surface area (Å²) in [4.78, 5) is 32.7. The molecule has 0 radical (unpaired) electrons. The molecule has 0 saturated carbocycles. The highest BCUT2D eigenvalue weighted by Crippen LogP contribution is 2.26. The molecule has 2 saturated heterocycles. The Kier molecular flexibility index (Phi) is 6.15. The molecule has 0 spiro atoms. The number of benzene rings is 2. The standard InChI is InChI=1S/C27H30N4O2/c28-17-20-5-3-6-22(15-20)26(32)30-14-10-21-16-23(8-9-24(21)18-30)27(33)31-13-4-7-25(31)19-29-11-1-2-12-29/h3,5-6,8-9,15-16,25H,1-2,4,7,10-14,18-19H2. The lowest BCUT2D eigenvalue weighted by atomic mass is 9.96. The van der Waals surface area contributed by atoms with Gasteiger partial charge in [-0.15, -0.1) is 0 Å². The van der Waals surface area contributed by atoms with Crippen LogP contribution in [0.4, 0.5) is 0 Å². The molecule has 170 valence electrons. The van der Waals surface area contributed by atoms with E-state index >= 15 is 0 Å². The summed E-state index contributed by atoms with van der Waals surface area (Å²) in [6.07, 6.45) is 5.46.